The number of benzene rings is 2. The lowest BCUT2D eigenvalue weighted by molar-refractivity contribution is 0.0966. The summed E-state index contributed by atoms with van der Waals surface area (Å²) in [6.45, 7) is 0.960. The van der Waals surface area contributed by atoms with E-state index in [-0.39, 0.29) is 11.9 Å². The summed E-state index contributed by atoms with van der Waals surface area (Å²) >= 11 is 0. The Bertz CT molecular complexity index is 1230. The molecule has 3 heterocycles. The van der Waals surface area contributed by atoms with Gasteiger partial charge in [-0.05, 0) is 47.4 Å². The molecule has 0 aliphatic carbocycles. The molecule has 30 heavy (non-hydrogen) atoms. The van der Waals surface area contributed by atoms with Gasteiger partial charge in [-0.25, -0.2) is 0 Å². The smallest absolute Gasteiger partial charge is 0.251 e. The van der Waals surface area contributed by atoms with Crippen molar-refractivity contribution in [3.05, 3.63) is 83.8 Å². The Labute approximate surface area is 174 Å². The number of nitrogens with one attached hydrogen (secondary N) is 2. The molecule has 6 heteroatoms. The molecule has 0 fully saturated rings. The molecule has 5 rings (SSSR count). The predicted octanol–water partition coefficient (Wildman–Crippen LogP) is 3.42. The Morgan fingerprint density at radius 3 is 2.93 bits per heavy atom. The normalized spacial score (nSPS) is 13.8. The molecule has 0 bridgehead atoms. The van der Waals surface area contributed by atoms with Gasteiger partial charge in [0, 0.05) is 47.0 Å². The number of aromatic nitrogens is 2. The van der Waals surface area contributed by atoms with Gasteiger partial charge in [0.2, 0.25) is 0 Å². The maximum atomic E-state index is 11.7. The Hall–Kier alpha value is -3.64. The van der Waals surface area contributed by atoms with Crippen molar-refractivity contribution >= 4 is 16.8 Å². The van der Waals surface area contributed by atoms with Gasteiger partial charge in [0.05, 0.1) is 6.20 Å². The zero-order valence-electron chi connectivity index (χ0n) is 16.4. The Morgan fingerprint density at radius 1 is 1.10 bits per heavy atom. The molecule has 2 aromatic carbocycles. The summed E-state index contributed by atoms with van der Waals surface area (Å²) in [6, 6.07) is 15.8. The van der Waals surface area contributed by atoms with Gasteiger partial charge in [-0.3, -0.25) is 9.78 Å². The van der Waals surface area contributed by atoms with Crippen molar-refractivity contribution in [1.82, 2.24) is 15.3 Å². The molecular weight excluding hydrogens is 376 g/mol. The van der Waals surface area contributed by atoms with Crippen LogP contribution in [0.1, 0.15) is 21.5 Å². The molecule has 6 nitrogen and oxygen atoms in total. The molecule has 0 saturated heterocycles. The third-order valence-corrected chi connectivity index (χ3v) is 5.46. The number of amides is 1. The molecular formula is C24H22N4O2. The summed E-state index contributed by atoms with van der Waals surface area (Å²) in [6.07, 6.45) is 6.23. The van der Waals surface area contributed by atoms with Crippen LogP contribution in [0.25, 0.3) is 22.0 Å². The molecule has 0 saturated carbocycles. The minimum atomic E-state index is -0.134. The quantitative estimate of drug-likeness (QED) is 0.464. The van der Waals surface area contributed by atoms with Crippen molar-refractivity contribution < 1.29 is 9.53 Å². The standard InChI is InChI=1S/C24H22N4O2/c25-19(8-18-11-27-23-4-2-1-3-21(18)23)14-30-20-9-16(10-26-13-20)15-5-6-22-17(7-15)12-28-24(22)29/h1-7,9-11,13,19,27H,8,12,14,25H2,(H,28,29)/t19-/m0/s1. The Balaban J connectivity index is 1.26. The van der Waals surface area contributed by atoms with Crippen LogP contribution >= 0.6 is 0 Å². The van der Waals surface area contributed by atoms with Crippen LogP contribution in [0.3, 0.4) is 0 Å². The fourth-order valence-corrected chi connectivity index (χ4v) is 3.91. The fraction of sp³-hybridized carbons (Fsp3) is 0.167. The van der Waals surface area contributed by atoms with Crippen molar-refractivity contribution in [1.29, 1.82) is 0 Å². The van der Waals surface area contributed by atoms with Crippen LogP contribution in [0.4, 0.5) is 0 Å². The summed E-state index contributed by atoms with van der Waals surface area (Å²) in [7, 11) is 0. The van der Waals surface area contributed by atoms with Crippen molar-refractivity contribution in [2.75, 3.05) is 6.61 Å². The van der Waals surface area contributed by atoms with Crippen molar-refractivity contribution in [3.63, 3.8) is 0 Å². The minimum absolute atomic E-state index is 0.0176. The highest BCUT2D eigenvalue weighted by atomic mass is 16.5. The topological polar surface area (TPSA) is 93.0 Å². The lowest BCUT2D eigenvalue weighted by Crippen LogP contribution is -2.30. The number of nitrogens with zero attached hydrogens (tertiary/aromatic N) is 1. The van der Waals surface area contributed by atoms with Crippen LogP contribution in [0.2, 0.25) is 0 Å². The van der Waals surface area contributed by atoms with Crippen LogP contribution in [-0.2, 0) is 13.0 Å². The summed E-state index contributed by atoms with van der Waals surface area (Å²) < 4.78 is 5.94. The first kappa shape index (κ1) is 18.4. The number of rotatable bonds is 6. The van der Waals surface area contributed by atoms with E-state index in [0.29, 0.717) is 18.9 Å². The van der Waals surface area contributed by atoms with Gasteiger partial charge in [-0.1, -0.05) is 24.3 Å². The third-order valence-electron chi connectivity index (χ3n) is 5.46. The summed E-state index contributed by atoms with van der Waals surface area (Å²) in [5, 5.41) is 4.04. The zero-order valence-corrected chi connectivity index (χ0v) is 16.4. The summed E-state index contributed by atoms with van der Waals surface area (Å²) in [5.41, 5.74) is 12.3. The number of nitrogens with two attached hydrogens (primary N) is 1. The number of carbonyl (C=O) groups excluding carboxylic acids is 1. The summed E-state index contributed by atoms with van der Waals surface area (Å²) in [5.74, 6) is 0.660. The maximum absolute atomic E-state index is 11.7. The number of ether oxygens (including phenoxy) is 1. The number of fused-ring (bicyclic) bond motifs is 2. The molecule has 1 atom stereocenters. The average Bonchev–Trinajstić information content (AvgIpc) is 3.36. The molecule has 1 aliphatic heterocycles. The largest absolute Gasteiger partial charge is 0.490 e. The maximum Gasteiger partial charge on any atom is 0.251 e. The number of hydrogen-bond donors (Lipinski definition) is 3. The molecule has 4 N–H and O–H groups in total. The van der Waals surface area contributed by atoms with Gasteiger partial charge in [0.1, 0.15) is 12.4 Å². The fourth-order valence-electron chi connectivity index (χ4n) is 3.91. The molecule has 0 radical (unpaired) electrons. The predicted molar refractivity (Wildman–Crippen MR) is 116 cm³/mol. The highest BCUT2D eigenvalue weighted by Gasteiger charge is 2.19. The Morgan fingerprint density at radius 2 is 2.00 bits per heavy atom. The van der Waals surface area contributed by atoms with E-state index in [1.54, 1.807) is 12.4 Å². The van der Waals surface area contributed by atoms with E-state index >= 15 is 0 Å². The van der Waals surface area contributed by atoms with Crippen LogP contribution in [0.5, 0.6) is 5.75 Å². The number of pyridine rings is 1. The lowest BCUT2D eigenvalue weighted by atomic mass is 10.0. The van der Waals surface area contributed by atoms with Gasteiger partial charge in [0.15, 0.2) is 0 Å². The minimum Gasteiger partial charge on any atom is -0.490 e. The van der Waals surface area contributed by atoms with E-state index in [1.165, 1.54) is 10.9 Å². The second-order valence-corrected chi connectivity index (χ2v) is 7.60. The van der Waals surface area contributed by atoms with E-state index in [4.69, 9.17) is 10.5 Å². The Kier molecular flexibility index (Phi) is 4.69. The summed E-state index contributed by atoms with van der Waals surface area (Å²) in [4.78, 5) is 19.3. The molecule has 0 spiro atoms. The van der Waals surface area contributed by atoms with Gasteiger partial charge in [-0.2, -0.15) is 0 Å². The third kappa shape index (κ3) is 3.53. The number of para-hydroxylation sites is 1. The first-order valence-corrected chi connectivity index (χ1v) is 9.97. The van der Waals surface area contributed by atoms with E-state index in [1.807, 2.05) is 42.6 Å². The molecule has 150 valence electrons. The monoisotopic (exact) mass is 398 g/mol. The highest BCUT2D eigenvalue weighted by Crippen LogP contribution is 2.27. The van der Waals surface area contributed by atoms with Crippen LogP contribution in [0, 0.1) is 0 Å². The molecule has 1 amide bonds. The first-order chi connectivity index (χ1) is 14.7. The van der Waals surface area contributed by atoms with Crippen LogP contribution in [0.15, 0.2) is 67.1 Å². The van der Waals surface area contributed by atoms with E-state index in [2.05, 4.69) is 27.4 Å². The second kappa shape index (κ2) is 7.65. The number of carbonyl (C=O) groups is 1. The number of hydrogen-bond acceptors (Lipinski definition) is 4. The van der Waals surface area contributed by atoms with Gasteiger partial charge < -0.3 is 20.8 Å². The average molecular weight is 398 g/mol. The van der Waals surface area contributed by atoms with E-state index in [9.17, 15) is 4.79 Å². The van der Waals surface area contributed by atoms with Gasteiger partial charge in [-0.15, -0.1) is 0 Å². The zero-order chi connectivity index (χ0) is 20.5. The highest BCUT2D eigenvalue weighted by molar-refractivity contribution is 5.98. The SMILES string of the molecule is N[C@H](COc1cncc(-c2ccc3c(c2)CNC3=O)c1)Cc1c[nH]c2ccccc12. The van der Waals surface area contributed by atoms with E-state index < -0.39 is 0 Å². The number of aromatic amines is 1. The molecule has 4 aromatic rings. The van der Waals surface area contributed by atoms with Crippen molar-refractivity contribution in [2.45, 2.75) is 19.0 Å². The molecule has 0 unspecified atom stereocenters. The second-order valence-electron chi connectivity index (χ2n) is 7.60. The van der Waals surface area contributed by atoms with Crippen molar-refractivity contribution in [2.24, 2.45) is 5.73 Å². The van der Waals surface area contributed by atoms with Crippen LogP contribution < -0.4 is 15.8 Å². The number of H-pyrrole nitrogens is 1. The van der Waals surface area contributed by atoms with Crippen molar-refractivity contribution in [3.8, 4) is 16.9 Å². The molecule has 2 aromatic heterocycles. The van der Waals surface area contributed by atoms with Crippen LogP contribution in [-0.4, -0.2) is 28.5 Å². The molecule has 1 aliphatic rings. The van der Waals surface area contributed by atoms with Gasteiger partial charge >= 0.3 is 0 Å². The van der Waals surface area contributed by atoms with E-state index in [0.717, 1.165) is 34.2 Å². The first-order valence-electron chi connectivity index (χ1n) is 9.97. The van der Waals surface area contributed by atoms with Gasteiger partial charge in [0.25, 0.3) is 5.91 Å². The lowest BCUT2D eigenvalue weighted by Gasteiger charge is -2.13.